The van der Waals surface area contributed by atoms with Gasteiger partial charge in [0.2, 0.25) is 10.0 Å². The molecule has 1 unspecified atom stereocenters. The first-order chi connectivity index (χ1) is 9.32. The van der Waals surface area contributed by atoms with Crippen molar-refractivity contribution in [3.8, 4) is 0 Å². The van der Waals surface area contributed by atoms with Gasteiger partial charge < -0.3 is 10.2 Å². The van der Waals surface area contributed by atoms with E-state index in [9.17, 15) is 8.42 Å². The molecule has 0 aliphatic carbocycles. The van der Waals surface area contributed by atoms with E-state index in [4.69, 9.17) is 10.2 Å². The Morgan fingerprint density at radius 1 is 1.35 bits per heavy atom. The zero-order chi connectivity index (χ0) is 14.9. The fourth-order valence-corrected chi connectivity index (χ4v) is 3.75. The van der Waals surface area contributed by atoms with E-state index in [-0.39, 0.29) is 6.04 Å². The topological polar surface area (TPSA) is 79.8 Å². The third-order valence-electron chi connectivity index (χ3n) is 3.40. The summed E-state index contributed by atoms with van der Waals surface area (Å²) < 4.78 is 31.6. The predicted molar refractivity (Wildman–Crippen MR) is 83.9 cm³/mol. The number of hydrogen-bond acceptors (Lipinski definition) is 5. The fraction of sp³-hybridized carbons (Fsp3) is 0.636. The first-order valence-corrected chi connectivity index (χ1v) is 9.60. The van der Waals surface area contributed by atoms with Gasteiger partial charge in [0.05, 0.1) is 16.8 Å². The minimum absolute atomic E-state index is 0.0423. The Kier molecular flexibility index (Phi) is 5.30. The average molecular weight is 431 g/mol. The third-order valence-corrected chi connectivity index (χ3v) is 6.41. The predicted octanol–water partition coefficient (Wildman–Crippen LogP) is 1.38. The Morgan fingerprint density at radius 2 is 1.95 bits per heavy atom. The van der Waals surface area contributed by atoms with Crippen LogP contribution in [0.25, 0.3) is 0 Å². The first kappa shape index (κ1) is 16.4. The van der Waals surface area contributed by atoms with Crippen molar-refractivity contribution in [1.29, 1.82) is 0 Å². The second-order valence-corrected chi connectivity index (χ2v) is 8.28. The lowest BCUT2D eigenvalue weighted by Crippen LogP contribution is -2.50. The van der Waals surface area contributed by atoms with Gasteiger partial charge in [-0.3, -0.25) is 4.90 Å². The van der Waals surface area contributed by atoms with Gasteiger partial charge in [0.15, 0.2) is 4.67 Å². The monoisotopic (exact) mass is 429 g/mol. The van der Waals surface area contributed by atoms with E-state index < -0.39 is 10.0 Å². The molecule has 1 aromatic rings. The zero-order valence-electron chi connectivity index (χ0n) is 11.1. The van der Waals surface area contributed by atoms with E-state index in [1.54, 1.807) is 0 Å². The maximum Gasteiger partial charge on any atom is 0.211 e. The quantitative estimate of drug-likeness (QED) is 0.780. The van der Waals surface area contributed by atoms with Gasteiger partial charge in [-0.2, -0.15) is 4.31 Å². The van der Waals surface area contributed by atoms with Crippen molar-refractivity contribution in [2.24, 2.45) is 5.73 Å². The normalized spacial score (nSPS) is 20.2. The van der Waals surface area contributed by atoms with Crippen LogP contribution in [0.5, 0.6) is 0 Å². The van der Waals surface area contributed by atoms with Crippen LogP contribution in [0, 0.1) is 0 Å². The van der Waals surface area contributed by atoms with E-state index in [1.165, 1.54) is 10.6 Å². The van der Waals surface area contributed by atoms with Crippen LogP contribution in [0.1, 0.15) is 11.8 Å². The Balaban J connectivity index is 2.07. The Labute approximate surface area is 135 Å². The van der Waals surface area contributed by atoms with Crippen molar-refractivity contribution in [2.45, 2.75) is 6.04 Å². The van der Waals surface area contributed by atoms with Gasteiger partial charge in [-0.1, -0.05) is 0 Å². The molecule has 9 heteroatoms. The van der Waals surface area contributed by atoms with Gasteiger partial charge in [-0.25, -0.2) is 8.42 Å². The van der Waals surface area contributed by atoms with Gasteiger partial charge in [0, 0.05) is 32.7 Å². The maximum atomic E-state index is 11.5. The number of sulfonamides is 1. The summed E-state index contributed by atoms with van der Waals surface area (Å²) >= 11 is 6.70. The van der Waals surface area contributed by atoms with E-state index in [0.29, 0.717) is 37.4 Å². The number of halogens is 2. The fourth-order valence-electron chi connectivity index (χ4n) is 2.32. The molecule has 0 amide bonds. The highest BCUT2D eigenvalue weighted by Crippen LogP contribution is 2.32. The highest BCUT2D eigenvalue weighted by Gasteiger charge is 2.29. The van der Waals surface area contributed by atoms with Gasteiger partial charge >= 0.3 is 0 Å². The van der Waals surface area contributed by atoms with E-state index in [0.717, 1.165) is 10.2 Å². The van der Waals surface area contributed by atoms with E-state index in [2.05, 4.69) is 36.8 Å². The van der Waals surface area contributed by atoms with Gasteiger partial charge in [0.1, 0.15) is 5.76 Å². The standard InChI is InChI=1S/C11H17Br2N3O3S/c1-20(17,18)16-4-2-15(3-5-16)9(7-14)10-6-8(12)11(13)19-10/h6,9H,2-5,7,14H2,1H3. The molecule has 20 heavy (non-hydrogen) atoms. The summed E-state index contributed by atoms with van der Waals surface area (Å²) in [5.74, 6) is 0.777. The molecule has 1 aromatic heterocycles. The molecule has 0 aromatic carbocycles. The summed E-state index contributed by atoms with van der Waals surface area (Å²) in [6.07, 6.45) is 1.24. The molecule has 1 saturated heterocycles. The number of furan rings is 1. The van der Waals surface area contributed by atoms with Crippen LogP contribution in [0.15, 0.2) is 19.6 Å². The van der Waals surface area contributed by atoms with Crippen molar-refractivity contribution in [2.75, 3.05) is 39.0 Å². The largest absolute Gasteiger partial charge is 0.451 e. The lowest BCUT2D eigenvalue weighted by Gasteiger charge is -2.37. The molecule has 0 bridgehead atoms. The molecule has 2 N–H and O–H groups in total. The van der Waals surface area contributed by atoms with Crippen LogP contribution in [0.3, 0.4) is 0 Å². The maximum absolute atomic E-state index is 11.5. The van der Waals surface area contributed by atoms with Gasteiger partial charge in [-0.05, 0) is 37.9 Å². The lowest BCUT2D eigenvalue weighted by atomic mass is 10.1. The van der Waals surface area contributed by atoms with Crippen LogP contribution in [0.2, 0.25) is 0 Å². The van der Waals surface area contributed by atoms with Crippen LogP contribution in [-0.4, -0.2) is 56.6 Å². The highest BCUT2D eigenvalue weighted by molar-refractivity contribution is 9.13. The molecule has 1 aliphatic heterocycles. The SMILES string of the molecule is CS(=O)(=O)N1CCN(C(CN)c2cc(Br)c(Br)o2)CC1. The molecular weight excluding hydrogens is 414 g/mol. The summed E-state index contributed by atoms with van der Waals surface area (Å²) in [5.41, 5.74) is 5.85. The van der Waals surface area contributed by atoms with Crippen molar-refractivity contribution >= 4 is 41.9 Å². The Bertz CT molecular complexity index is 548. The van der Waals surface area contributed by atoms with Crippen LogP contribution < -0.4 is 5.73 Å². The van der Waals surface area contributed by atoms with Crippen LogP contribution >= 0.6 is 31.9 Å². The summed E-state index contributed by atoms with van der Waals surface area (Å²) in [6, 6.07) is 1.85. The van der Waals surface area contributed by atoms with Crippen molar-refractivity contribution < 1.29 is 12.8 Å². The molecule has 1 aliphatic rings. The Hall–Kier alpha value is 0.0700. The molecule has 1 fully saturated rings. The molecule has 2 rings (SSSR count). The number of piperazine rings is 1. The number of nitrogens with zero attached hydrogens (tertiary/aromatic N) is 2. The molecule has 0 spiro atoms. The minimum atomic E-state index is -3.11. The summed E-state index contributed by atoms with van der Waals surface area (Å²) in [6.45, 7) is 2.68. The number of hydrogen-bond donors (Lipinski definition) is 1. The van der Waals surface area contributed by atoms with Crippen LogP contribution in [-0.2, 0) is 10.0 Å². The number of rotatable bonds is 4. The van der Waals surface area contributed by atoms with E-state index in [1.807, 2.05) is 6.07 Å². The molecular formula is C11H17Br2N3O3S. The van der Waals surface area contributed by atoms with Crippen molar-refractivity contribution in [1.82, 2.24) is 9.21 Å². The van der Waals surface area contributed by atoms with E-state index >= 15 is 0 Å². The molecule has 2 heterocycles. The molecule has 0 radical (unpaired) electrons. The second kappa shape index (κ2) is 6.45. The molecule has 1 atom stereocenters. The van der Waals surface area contributed by atoms with Crippen molar-refractivity contribution in [3.05, 3.63) is 21.0 Å². The average Bonchev–Trinajstić information content (AvgIpc) is 2.70. The molecule has 114 valence electrons. The summed E-state index contributed by atoms with van der Waals surface area (Å²) in [7, 11) is -3.11. The second-order valence-electron chi connectivity index (χ2n) is 4.72. The summed E-state index contributed by atoms with van der Waals surface area (Å²) in [4.78, 5) is 2.15. The van der Waals surface area contributed by atoms with Gasteiger partial charge in [0.25, 0.3) is 0 Å². The van der Waals surface area contributed by atoms with Crippen LogP contribution in [0.4, 0.5) is 0 Å². The minimum Gasteiger partial charge on any atom is -0.451 e. The molecule has 6 nitrogen and oxygen atoms in total. The van der Waals surface area contributed by atoms with Crippen molar-refractivity contribution in [3.63, 3.8) is 0 Å². The third kappa shape index (κ3) is 3.63. The lowest BCUT2D eigenvalue weighted by molar-refractivity contribution is 0.126. The number of nitrogens with two attached hydrogens (primary N) is 1. The zero-order valence-corrected chi connectivity index (χ0v) is 15.0. The molecule has 0 saturated carbocycles. The highest BCUT2D eigenvalue weighted by atomic mass is 79.9. The smallest absolute Gasteiger partial charge is 0.211 e. The van der Waals surface area contributed by atoms with Gasteiger partial charge in [-0.15, -0.1) is 0 Å². The Morgan fingerprint density at radius 3 is 2.35 bits per heavy atom. The summed E-state index contributed by atoms with van der Waals surface area (Å²) in [5, 5.41) is 0. The first-order valence-electron chi connectivity index (χ1n) is 6.17.